The van der Waals surface area contributed by atoms with Gasteiger partial charge in [0.05, 0.1) is 31.1 Å². The molecule has 0 saturated heterocycles. The number of methoxy groups -OCH3 is 2. The van der Waals surface area contributed by atoms with Crippen LogP contribution < -0.4 is 0 Å². The van der Waals surface area contributed by atoms with Gasteiger partial charge in [0, 0.05) is 6.42 Å². The van der Waals surface area contributed by atoms with E-state index in [1.54, 1.807) is 6.92 Å². The Morgan fingerprint density at radius 2 is 1.88 bits per heavy atom. The van der Waals surface area contributed by atoms with Crippen molar-refractivity contribution in [2.24, 2.45) is 11.3 Å². The summed E-state index contributed by atoms with van der Waals surface area (Å²) in [5.74, 6) is -1.61. The van der Waals surface area contributed by atoms with Crippen LogP contribution in [0.15, 0.2) is 11.1 Å². The van der Waals surface area contributed by atoms with Gasteiger partial charge in [0.25, 0.3) is 0 Å². The van der Waals surface area contributed by atoms with Gasteiger partial charge in [0.1, 0.15) is 5.78 Å². The minimum absolute atomic E-state index is 0.0859. The van der Waals surface area contributed by atoms with Gasteiger partial charge >= 0.3 is 11.9 Å². The molecule has 1 fully saturated rings. The van der Waals surface area contributed by atoms with Crippen molar-refractivity contribution in [2.45, 2.75) is 19.8 Å². The van der Waals surface area contributed by atoms with Crippen molar-refractivity contribution in [3.63, 3.8) is 0 Å². The Hall–Kier alpha value is -1.65. The van der Waals surface area contributed by atoms with Crippen molar-refractivity contribution in [1.29, 1.82) is 0 Å². The zero-order valence-electron chi connectivity index (χ0n) is 10.0. The van der Waals surface area contributed by atoms with E-state index in [0.717, 1.165) is 0 Å². The molecule has 2 rings (SSSR count). The van der Waals surface area contributed by atoms with Crippen molar-refractivity contribution in [1.82, 2.24) is 0 Å². The summed E-state index contributed by atoms with van der Waals surface area (Å²) in [6.07, 6.45) is 0.752. The number of carbonyl (C=O) groups is 3. The van der Waals surface area contributed by atoms with Crippen molar-refractivity contribution < 1.29 is 23.9 Å². The van der Waals surface area contributed by atoms with Crippen LogP contribution in [0, 0.1) is 11.3 Å². The molecule has 0 N–H and O–H groups in total. The number of hydrogen-bond acceptors (Lipinski definition) is 5. The molecular weight excluding hydrogens is 224 g/mol. The van der Waals surface area contributed by atoms with Crippen LogP contribution in [0.4, 0.5) is 0 Å². The van der Waals surface area contributed by atoms with Crippen LogP contribution in [0.1, 0.15) is 19.8 Å². The molecule has 0 aromatic carbocycles. The van der Waals surface area contributed by atoms with E-state index in [0.29, 0.717) is 24.0 Å². The summed E-state index contributed by atoms with van der Waals surface area (Å²) in [6.45, 7) is 1.72. The van der Waals surface area contributed by atoms with E-state index in [2.05, 4.69) is 9.47 Å². The average Bonchev–Trinajstić information content (AvgIpc) is 2.88. The van der Waals surface area contributed by atoms with Crippen LogP contribution in [0.2, 0.25) is 0 Å². The van der Waals surface area contributed by atoms with E-state index in [-0.39, 0.29) is 5.78 Å². The maximum Gasteiger partial charge on any atom is 0.334 e. The minimum atomic E-state index is -0.668. The van der Waals surface area contributed by atoms with E-state index in [1.807, 2.05) is 0 Å². The van der Waals surface area contributed by atoms with E-state index in [1.165, 1.54) is 14.2 Å². The highest BCUT2D eigenvalue weighted by atomic mass is 16.5. The van der Waals surface area contributed by atoms with E-state index < -0.39 is 23.3 Å². The lowest BCUT2D eigenvalue weighted by molar-refractivity contribution is -0.147. The molecule has 2 atom stereocenters. The zero-order chi connectivity index (χ0) is 12.8. The Labute approximate surface area is 98.8 Å². The maximum atomic E-state index is 11.7. The SMILES string of the molecule is COC(=O)C1=C(C)C2(CC2=O)CC1C(=O)OC. The highest BCUT2D eigenvalue weighted by Crippen LogP contribution is 2.59. The normalized spacial score (nSPS) is 30.8. The summed E-state index contributed by atoms with van der Waals surface area (Å²) in [7, 11) is 2.53. The molecular formula is C12H14O5. The Bertz CT molecular complexity index is 448. The molecule has 1 saturated carbocycles. The van der Waals surface area contributed by atoms with Crippen LogP contribution in [-0.2, 0) is 23.9 Å². The van der Waals surface area contributed by atoms with Gasteiger partial charge in [-0.1, -0.05) is 0 Å². The van der Waals surface area contributed by atoms with Gasteiger partial charge in [-0.15, -0.1) is 0 Å². The molecule has 2 aliphatic rings. The summed E-state index contributed by atoms with van der Waals surface area (Å²) >= 11 is 0. The Kier molecular flexibility index (Phi) is 2.56. The van der Waals surface area contributed by atoms with Gasteiger partial charge in [0.15, 0.2) is 0 Å². The number of Topliss-reactive ketones (excluding diaryl/α,β-unsaturated/α-hetero) is 1. The minimum Gasteiger partial charge on any atom is -0.469 e. The molecule has 0 amide bonds. The van der Waals surface area contributed by atoms with Crippen LogP contribution in [0.5, 0.6) is 0 Å². The van der Waals surface area contributed by atoms with Crippen LogP contribution in [-0.4, -0.2) is 31.9 Å². The van der Waals surface area contributed by atoms with Crippen LogP contribution >= 0.6 is 0 Å². The van der Waals surface area contributed by atoms with E-state index in [9.17, 15) is 14.4 Å². The van der Waals surface area contributed by atoms with Crippen molar-refractivity contribution in [3.05, 3.63) is 11.1 Å². The Morgan fingerprint density at radius 1 is 1.29 bits per heavy atom. The number of hydrogen-bond donors (Lipinski definition) is 0. The molecule has 17 heavy (non-hydrogen) atoms. The van der Waals surface area contributed by atoms with Gasteiger partial charge in [-0.3, -0.25) is 9.59 Å². The molecule has 0 aromatic heterocycles. The molecule has 0 aliphatic heterocycles. The predicted octanol–water partition coefficient (Wildman–Crippen LogP) is 0.628. The Morgan fingerprint density at radius 3 is 2.29 bits per heavy atom. The fourth-order valence-corrected chi connectivity index (χ4v) is 2.63. The average molecular weight is 238 g/mol. The fourth-order valence-electron chi connectivity index (χ4n) is 2.63. The lowest BCUT2D eigenvalue weighted by atomic mass is 9.97. The second-order valence-corrected chi connectivity index (χ2v) is 4.49. The molecule has 0 aromatic rings. The van der Waals surface area contributed by atoms with Crippen LogP contribution in [0.3, 0.4) is 0 Å². The molecule has 2 aliphatic carbocycles. The van der Waals surface area contributed by atoms with Crippen molar-refractivity contribution in [3.8, 4) is 0 Å². The first-order chi connectivity index (χ1) is 7.97. The third-order valence-corrected chi connectivity index (χ3v) is 3.78. The topological polar surface area (TPSA) is 69.7 Å². The molecule has 5 heteroatoms. The van der Waals surface area contributed by atoms with Crippen molar-refractivity contribution in [2.75, 3.05) is 14.2 Å². The quantitative estimate of drug-likeness (QED) is 0.660. The largest absolute Gasteiger partial charge is 0.469 e. The third-order valence-electron chi connectivity index (χ3n) is 3.78. The van der Waals surface area contributed by atoms with Crippen LogP contribution in [0.25, 0.3) is 0 Å². The molecule has 0 radical (unpaired) electrons. The van der Waals surface area contributed by atoms with Gasteiger partial charge in [-0.2, -0.15) is 0 Å². The second-order valence-electron chi connectivity index (χ2n) is 4.49. The first-order valence-corrected chi connectivity index (χ1v) is 5.38. The van der Waals surface area contributed by atoms with Gasteiger partial charge in [-0.25, -0.2) is 4.79 Å². The number of carbonyl (C=O) groups excluding carboxylic acids is 3. The first kappa shape index (κ1) is 11.8. The molecule has 0 heterocycles. The molecule has 92 valence electrons. The molecule has 5 nitrogen and oxygen atoms in total. The van der Waals surface area contributed by atoms with Crippen molar-refractivity contribution >= 4 is 17.7 Å². The number of rotatable bonds is 2. The third kappa shape index (κ3) is 1.49. The Balaban J connectivity index is 2.41. The summed E-state index contributed by atoms with van der Waals surface area (Å²) in [5, 5.41) is 0. The number of esters is 2. The summed E-state index contributed by atoms with van der Waals surface area (Å²) in [6, 6.07) is 0. The number of allylic oxidation sites excluding steroid dienone is 1. The zero-order valence-corrected chi connectivity index (χ0v) is 10.0. The lowest BCUT2D eigenvalue weighted by Gasteiger charge is -2.10. The predicted molar refractivity (Wildman–Crippen MR) is 56.9 cm³/mol. The molecule has 1 spiro atoms. The highest BCUT2D eigenvalue weighted by Gasteiger charge is 2.62. The van der Waals surface area contributed by atoms with Gasteiger partial charge in [-0.05, 0) is 18.9 Å². The molecule has 2 unspecified atom stereocenters. The smallest absolute Gasteiger partial charge is 0.334 e. The summed E-state index contributed by atoms with van der Waals surface area (Å²) in [5.41, 5.74) is 0.373. The maximum absolute atomic E-state index is 11.7. The standard InChI is InChI=1S/C12H14O5/c1-6-9(11(15)17-3)7(10(14)16-2)4-12(6)5-8(12)13/h7H,4-5H2,1-3H3. The first-order valence-electron chi connectivity index (χ1n) is 5.38. The van der Waals surface area contributed by atoms with E-state index >= 15 is 0 Å². The highest BCUT2D eigenvalue weighted by molar-refractivity contribution is 6.09. The van der Waals surface area contributed by atoms with Gasteiger partial charge < -0.3 is 9.47 Å². The monoisotopic (exact) mass is 238 g/mol. The summed E-state index contributed by atoms with van der Waals surface area (Å²) < 4.78 is 9.34. The second kappa shape index (κ2) is 3.68. The summed E-state index contributed by atoms with van der Waals surface area (Å²) in [4.78, 5) is 34.8. The molecule has 0 bridgehead atoms. The number of ketones is 1. The van der Waals surface area contributed by atoms with Gasteiger partial charge in [0.2, 0.25) is 0 Å². The van der Waals surface area contributed by atoms with E-state index in [4.69, 9.17) is 0 Å². The fraction of sp³-hybridized carbons (Fsp3) is 0.583. The number of ether oxygens (including phenoxy) is 2. The lowest BCUT2D eigenvalue weighted by Crippen LogP contribution is -2.21.